The maximum absolute atomic E-state index is 14.0. The molecule has 0 saturated carbocycles. The zero-order valence-corrected chi connectivity index (χ0v) is 10.9. The Morgan fingerprint density at radius 1 is 1.37 bits per heavy atom. The number of rotatable bonds is 1. The molecular weight excluding hydrogens is 247 g/mol. The summed E-state index contributed by atoms with van der Waals surface area (Å²) in [6, 6.07) is 2.75. The van der Waals surface area contributed by atoms with Crippen LogP contribution in [-0.4, -0.2) is 21.1 Å². The van der Waals surface area contributed by atoms with E-state index in [9.17, 15) is 9.18 Å². The van der Waals surface area contributed by atoms with Gasteiger partial charge in [0.25, 0.3) is 0 Å². The minimum absolute atomic E-state index is 0.310. The van der Waals surface area contributed by atoms with Crippen LogP contribution >= 0.6 is 0 Å². The maximum atomic E-state index is 14.0. The van der Waals surface area contributed by atoms with E-state index in [1.54, 1.807) is 11.5 Å². The van der Waals surface area contributed by atoms with E-state index in [2.05, 4.69) is 15.5 Å². The lowest BCUT2D eigenvalue weighted by molar-refractivity contribution is 0.112. The van der Waals surface area contributed by atoms with Crippen LogP contribution in [0.15, 0.2) is 12.1 Å². The smallest absolute Gasteiger partial charge is 0.162 e. The topological polar surface area (TPSA) is 59.8 Å². The summed E-state index contributed by atoms with van der Waals surface area (Å²) in [6.45, 7) is 5.56. The number of benzene rings is 1. The first-order chi connectivity index (χ1) is 8.95. The molecule has 0 atom stereocenters. The van der Waals surface area contributed by atoms with Crippen LogP contribution in [0.2, 0.25) is 0 Å². The highest BCUT2D eigenvalue weighted by molar-refractivity contribution is 5.87. The molecule has 1 aliphatic rings. The molecule has 19 heavy (non-hydrogen) atoms. The second-order valence-corrected chi connectivity index (χ2v) is 5.13. The van der Waals surface area contributed by atoms with Gasteiger partial charge in [-0.3, -0.25) is 9.36 Å². The molecule has 98 valence electrons. The van der Waals surface area contributed by atoms with Gasteiger partial charge in [0.05, 0.1) is 16.9 Å². The summed E-state index contributed by atoms with van der Waals surface area (Å²) in [6.07, 6.45) is 0.710. The third-order valence-electron chi connectivity index (χ3n) is 3.33. The Bertz CT molecular complexity index is 690. The fourth-order valence-electron chi connectivity index (χ4n) is 2.44. The molecule has 1 aromatic carbocycles. The van der Waals surface area contributed by atoms with E-state index in [0.29, 0.717) is 34.9 Å². The van der Waals surface area contributed by atoms with E-state index in [0.717, 1.165) is 0 Å². The summed E-state index contributed by atoms with van der Waals surface area (Å²) in [5.74, 6) is 0.887. The van der Waals surface area contributed by atoms with Gasteiger partial charge in [0, 0.05) is 5.56 Å². The number of halogens is 1. The van der Waals surface area contributed by atoms with Gasteiger partial charge >= 0.3 is 0 Å². The molecule has 6 heteroatoms. The Labute approximate surface area is 109 Å². The van der Waals surface area contributed by atoms with Crippen molar-refractivity contribution in [3.8, 4) is 5.69 Å². The van der Waals surface area contributed by atoms with Crippen LogP contribution in [0.3, 0.4) is 0 Å². The molecule has 2 aromatic rings. The molecule has 1 aromatic heterocycles. The van der Waals surface area contributed by atoms with E-state index in [-0.39, 0.29) is 0 Å². The number of nitrogens with one attached hydrogen (secondary N) is 1. The molecule has 0 bridgehead atoms. The van der Waals surface area contributed by atoms with Crippen LogP contribution in [-0.2, 0) is 5.54 Å². The van der Waals surface area contributed by atoms with Crippen LogP contribution in [0.25, 0.3) is 5.69 Å². The second kappa shape index (κ2) is 3.63. The number of aryl methyl sites for hydroxylation is 1. The van der Waals surface area contributed by atoms with Gasteiger partial charge in [0.1, 0.15) is 11.6 Å². The van der Waals surface area contributed by atoms with Crippen LogP contribution in [0.1, 0.15) is 35.9 Å². The zero-order valence-electron chi connectivity index (χ0n) is 10.9. The Kier molecular flexibility index (Phi) is 2.26. The number of aromatic nitrogens is 3. The Morgan fingerprint density at radius 2 is 2.11 bits per heavy atom. The molecule has 1 aliphatic heterocycles. The fourth-order valence-corrected chi connectivity index (χ4v) is 2.44. The van der Waals surface area contributed by atoms with Gasteiger partial charge < -0.3 is 5.32 Å². The summed E-state index contributed by atoms with van der Waals surface area (Å²) in [7, 11) is 0. The van der Waals surface area contributed by atoms with Crippen molar-refractivity contribution >= 4 is 12.0 Å². The van der Waals surface area contributed by atoms with Gasteiger partial charge in [0.2, 0.25) is 0 Å². The first-order valence-electron chi connectivity index (χ1n) is 5.94. The summed E-state index contributed by atoms with van der Waals surface area (Å²) < 4.78 is 15.8. The van der Waals surface area contributed by atoms with Gasteiger partial charge in [0.15, 0.2) is 12.1 Å². The van der Waals surface area contributed by atoms with Gasteiger partial charge in [-0.15, -0.1) is 10.2 Å². The van der Waals surface area contributed by atoms with E-state index in [4.69, 9.17) is 0 Å². The zero-order chi connectivity index (χ0) is 13.8. The number of hydrogen-bond donors (Lipinski definition) is 1. The summed E-state index contributed by atoms with van der Waals surface area (Å²) in [4.78, 5) is 11.2. The minimum Gasteiger partial charge on any atom is -0.369 e. The van der Waals surface area contributed by atoms with Gasteiger partial charge in [-0.1, -0.05) is 0 Å². The van der Waals surface area contributed by atoms with Crippen molar-refractivity contribution in [2.75, 3.05) is 5.32 Å². The molecule has 0 aliphatic carbocycles. The first kappa shape index (κ1) is 11.8. The van der Waals surface area contributed by atoms with E-state index in [1.165, 1.54) is 12.1 Å². The molecule has 1 N–H and O–H groups in total. The molecule has 5 nitrogen and oxygen atoms in total. The summed E-state index contributed by atoms with van der Waals surface area (Å²) in [5, 5.41) is 11.2. The van der Waals surface area contributed by atoms with E-state index < -0.39 is 11.4 Å². The molecule has 0 fully saturated rings. The fraction of sp³-hybridized carbons (Fsp3) is 0.308. The molecular formula is C13H13FN4O. The van der Waals surface area contributed by atoms with Gasteiger partial charge in [-0.25, -0.2) is 4.39 Å². The van der Waals surface area contributed by atoms with Crippen molar-refractivity contribution in [3.05, 3.63) is 35.2 Å². The monoisotopic (exact) mass is 260 g/mol. The maximum Gasteiger partial charge on any atom is 0.162 e. The SMILES string of the molecule is Cc1nnc2n1-c1c(C=O)ccc(F)c1NC2(C)C. The van der Waals surface area contributed by atoms with Crippen molar-refractivity contribution < 1.29 is 9.18 Å². The number of fused-ring (bicyclic) bond motifs is 3. The lowest BCUT2D eigenvalue weighted by Gasteiger charge is -2.34. The van der Waals surface area contributed by atoms with Gasteiger partial charge in [-0.2, -0.15) is 0 Å². The number of carbonyl (C=O) groups excluding carboxylic acids is 1. The number of hydrogen-bond acceptors (Lipinski definition) is 4. The van der Waals surface area contributed by atoms with E-state index >= 15 is 0 Å². The molecule has 3 rings (SSSR count). The molecule has 2 heterocycles. The third kappa shape index (κ3) is 1.49. The lowest BCUT2D eigenvalue weighted by Crippen LogP contribution is -2.37. The standard InChI is InChI=1S/C13H13FN4O/c1-7-16-17-12-13(2,3)15-10-9(14)5-4-8(6-19)11(10)18(7)12/h4-6,15H,1-3H3. The van der Waals surface area contributed by atoms with Crippen molar-refractivity contribution in [2.45, 2.75) is 26.3 Å². The first-order valence-corrected chi connectivity index (χ1v) is 5.94. The normalized spacial score (nSPS) is 15.4. The van der Waals surface area contributed by atoms with Crippen molar-refractivity contribution in [1.82, 2.24) is 14.8 Å². The predicted octanol–water partition coefficient (Wildman–Crippen LogP) is 2.19. The number of anilines is 1. The summed E-state index contributed by atoms with van der Waals surface area (Å²) in [5.41, 5.74) is 0.636. The molecule has 0 amide bonds. The third-order valence-corrected chi connectivity index (χ3v) is 3.33. The lowest BCUT2D eigenvalue weighted by atomic mass is 9.98. The van der Waals surface area contributed by atoms with Crippen molar-refractivity contribution in [3.63, 3.8) is 0 Å². The second-order valence-electron chi connectivity index (χ2n) is 5.13. The number of carbonyl (C=O) groups is 1. The van der Waals surface area contributed by atoms with E-state index in [1.807, 2.05) is 13.8 Å². The van der Waals surface area contributed by atoms with Crippen molar-refractivity contribution in [2.24, 2.45) is 0 Å². The highest BCUT2D eigenvalue weighted by Crippen LogP contribution is 2.39. The highest BCUT2D eigenvalue weighted by atomic mass is 19.1. The summed E-state index contributed by atoms with van der Waals surface area (Å²) >= 11 is 0. The molecule has 0 saturated heterocycles. The molecule has 0 radical (unpaired) electrons. The van der Waals surface area contributed by atoms with Crippen LogP contribution < -0.4 is 5.32 Å². The molecule has 0 spiro atoms. The predicted molar refractivity (Wildman–Crippen MR) is 68.1 cm³/mol. The van der Waals surface area contributed by atoms with Crippen molar-refractivity contribution in [1.29, 1.82) is 0 Å². The highest BCUT2D eigenvalue weighted by Gasteiger charge is 2.36. The number of nitrogens with zero attached hydrogens (tertiary/aromatic N) is 3. The molecule has 0 unspecified atom stereocenters. The quantitative estimate of drug-likeness (QED) is 0.798. The van der Waals surface area contributed by atoms with Gasteiger partial charge in [-0.05, 0) is 32.9 Å². The van der Waals surface area contributed by atoms with Crippen LogP contribution in [0, 0.1) is 12.7 Å². The minimum atomic E-state index is -0.559. The Balaban J connectivity index is 2.44. The van der Waals surface area contributed by atoms with Crippen LogP contribution in [0.4, 0.5) is 10.1 Å². The largest absolute Gasteiger partial charge is 0.369 e. The van der Waals surface area contributed by atoms with Crippen LogP contribution in [0.5, 0.6) is 0 Å². The average Bonchev–Trinajstić information content (AvgIpc) is 2.74. The Hall–Kier alpha value is -2.24. The average molecular weight is 260 g/mol. The number of aldehydes is 1. The Morgan fingerprint density at radius 3 is 2.79 bits per heavy atom.